The number of alkyl halides is 3. The molecular weight excluding hydrogens is 481 g/mol. The van der Waals surface area contributed by atoms with Crippen LogP contribution in [0.2, 0.25) is 0 Å². The second kappa shape index (κ2) is 11.5. The van der Waals surface area contributed by atoms with Gasteiger partial charge < -0.3 is 10.1 Å². The third-order valence-corrected chi connectivity index (χ3v) is 6.25. The van der Waals surface area contributed by atoms with Crippen molar-refractivity contribution in [3.05, 3.63) is 65.2 Å². The largest absolute Gasteiger partial charge is 0.467 e. The molecule has 1 aliphatic heterocycles. The minimum absolute atomic E-state index is 0.0817. The number of hydrogen-bond donors (Lipinski definition) is 1. The second-order valence-corrected chi connectivity index (χ2v) is 8.60. The maximum atomic E-state index is 15.0. The number of ether oxygens (including phenoxy) is 1. The van der Waals surface area contributed by atoms with Crippen molar-refractivity contribution >= 4 is 29.5 Å². The minimum Gasteiger partial charge on any atom is -0.467 e. The molecule has 0 aromatic heterocycles. The first-order chi connectivity index (χ1) is 16.2. The van der Waals surface area contributed by atoms with E-state index in [9.17, 15) is 26.2 Å². The van der Waals surface area contributed by atoms with E-state index < -0.39 is 41.5 Å². The van der Waals surface area contributed by atoms with Crippen LogP contribution >= 0.6 is 0 Å². The van der Waals surface area contributed by atoms with Crippen LogP contribution in [-0.2, 0) is 22.5 Å². The Bertz CT molecular complexity index is 1060. The van der Waals surface area contributed by atoms with Crippen LogP contribution in [0.15, 0.2) is 52.7 Å². The molecule has 0 amide bonds. The molecule has 184 valence electrons. The van der Waals surface area contributed by atoms with Crippen molar-refractivity contribution in [2.75, 3.05) is 37.1 Å². The molecule has 34 heavy (non-hydrogen) atoms. The summed E-state index contributed by atoms with van der Waals surface area (Å²) in [6, 6.07) is 8.99. The topological polar surface area (TPSA) is 69.5 Å². The number of piperazine rings is 1. The van der Waals surface area contributed by atoms with Crippen LogP contribution in [0.3, 0.4) is 0 Å². The van der Waals surface area contributed by atoms with Crippen molar-refractivity contribution in [2.45, 2.75) is 12.7 Å². The molecule has 7 nitrogen and oxygen atoms in total. The zero-order chi connectivity index (χ0) is 24.7. The highest BCUT2D eigenvalue weighted by atomic mass is 32.2. The maximum Gasteiger partial charge on any atom is 0.422 e. The predicted octanol–water partition coefficient (Wildman–Crippen LogP) is 3.40. The maximum absolute atomic E-state index is 15.0. The summed E-state index contributed by atoms with van der Waals surface area (Å²) in [5, 5.41) is 9.71. The van der Waals surface area contributed by atoms with Gasteiger partial charge in [0.1, 0.15) is 11.6 Å². The number of rotatable bonds is 8. The molecule has 0 bridgehead atoms. The molecule has 1 N–H and O–H groups in total. The number of nitrogens with one attached hydrogen (secondary N) is 1. The Kier molecular flexibility index (Phi) is 8.69. The fourth-order valence-corrected chi connectivity index (χ4v) is 4.47. The van der Waals surface area contributed by atoms with Crippen LogP contribution in [0, 0.1) is 11.6 Å². The fourth-order valence-electron chi connectivity index (χ4n) is 3.16. The third-order valence-electron chi connectivity index (χ3n) is 4.73. The molecule has 1 atom stereocenters. The number of halogens is 5. The summed E-state index contributed by atoms with van der Waals surface area (Å²) in [6.07, 6.45) is -4.63. The van der Waals surface area contributed by atoms with Gasteiger partial charge in [-0.05, 0) is 30.3 Å². The quantitative estimate of drug-likeness (QED) is 0.260. The lowest BCUT2D eigenvalue weighted by atomic mass is 10.1. The lowest BCUT2D eigenvalue weighted by molar-refractivity contribution is -0.156. The van der Waals surface area contributed by atoms with E-state index in [0.717, 1.165) is 6.07 Å². The van der Waals surface area contributed by atoms with Gasteiger partial charge in [0, 0.05) is 44.0 Å². The van der Waals surface area contributed by atoms with Crippen LogP contribution in [-0.4, -0.2) is 60.1 Å². The molecule has 1 fully saturated rings. The molecule has 3 rings (SSSR count). The van der Waals surface area contributed by atoms with Gasteiger partial charge in [-0.15, -0.1) is 5.10 Å². The molecule has 2 aromatic carbocycles. The Morgan fingerprint density at radius 1 is 1.18 bits per heavy atom. The molecule has 0 aliphatic carbocycles. The first-order valence-electron chi connectivity index (χ1n) is 10.1. The van der Waals surface area contributed by atoms with Gasteiger partial charge in [0.05, 0.1) is 12.2 Å². The van der Waals surface area contributed by atoms with E-state index in [1.165, 1.54) is 34.6 Å². The highest BCUT2D eigenvalue weighted by molar-refractivity contribution is 7.84. The summed E-state index contributed by atoms with van der Waals surface area (Å²) in [6.45, 7) is 3.43. The molecule has 1 aliphatic rings. The number of anilines is 1. The van der Waals surface area contributed by atoms with Gasteiger partial charge in [-0.3, -0.25) is 4.31 Å². The Balaban J connectivity index is 1.88. The van der Waals surface area contributed by atoms with E-state index in [0.29, 0.717) is 26.2 Å². The summed E-state index contributed by atoms with van der Waals surface area (Å²) >= 11 is -1.75. The van der Waals surface area contributed by atoms with Crippen molar-refractivity contribution < 1.29 is 30.9 Å². The van der Waals surface area contributed by atoms with Gasteiger partial charge in [0.2, 0.25) is 5.90 Å². The third kappa shape index (κ3) is 7.05. The lowest BCUT2D eigenvalue weighted by Crippen LogP contribution is -2.48. The van der Waals surface area contributed by atoms with E-state index in [1.54, 1.807) is 10.4 Å². The molecule has 0 saturated carbocycles. The van der Waals surface area contributed by atoms with Crippen LogP contribution in [0.25, 0.3) is 0 Å². The van der Waals surface area contributed by atoms with E-state index in [2.05, 4.69) is 27.0 Å². The van der Waals surface area contributed by atoms with Crippen molar-refractivity contribution in [1.29, 1.82) is 0 Å². The number of hydrogen-bond acceptors (Lipinski definition) is 5. The van der Waals surface area contributed by atoms with Gasteiger partial charge in [0.25, 0.3) is 0 Å². The van der Waals surface area contributed by atoms with E-state index in [4.69, 9.17) is 0 Å². The van der Waals surface area contributed by atoms with E-state index in [-0.39, 0.29) is 23.4 Å². The zero-order valence-corrected chi connectivity index (χ0v) is 18.7. The standard InChI is InChI=1S/C21H22F5N5O2S/c1-27-29-20(33-14-21(24,25)26)15-5-6-16(19(23)11-15)13-31(18-4-2-3-17(22)12-18)34(32)30-9-7-28-8-10-30/h2-6,11-12,28H,1,7-10,13-14H2/b29-20-. The Morgan fingerprint density at radius 3 is 2.53 bits per heavy atom. The Hall–Kier alpha value is -2.90. The Labute approximate surface area is 195 Å². The highest BCUT2D eigenvalue weighted by Crippen LogP contribution is 2.24. The smallest absolute Gasteiger partial charge is 0.422 e. The average molecular weight is 503 g/mol. The van der Waals surface area contributed by atoms with Crippen LogP contribution < -0.4 is 9.62 Å². The normalized spacial score (nSPS) is 16.2. The van der Waals surface area contributed by atoms with E-state index >= 15 is 0 Å². The molecule has 2 aromatic rings. The molecule has 0 spiro atoms. The highest BCUT2D eigenvalue weighted by Gasteiger charge is 2.30. The van der Waals surface area contributed by atoms with Crippen LogP contribution in [0.4, 0.5) is 27.6 Å². The second-order valence-electron chi connectivity index (χ2n) is 7.18. The number of nitrogens with zero attached hydrogens (tertiary/aromatic N) is 4. The van der Waals surface area contributed by atoms with Gasteiger partial charge in [-0.2, -0.15) is 18.3 Å². The molecule has 1 heterocycles. The van der Waals surface area contributed by atoms with Crippen molar-refractivity contribution in [3.63, 3.8) is 0 Å². The van der Waals surface area contributed by atoms with Crippen molar-refractivity contribution in [1.82, 2.24) is 9.62 Å². The minimum atomic E-state index is -4.63. The average Bonchev–Trinajstić information content (AvgIpc) is 2.80. The van der Waals surface area contributed by atoms with Crippen LogP contribution in [0.5, 0.6) is 0 Å². The first kappa shape index (κ1) is 25.7. The zero-order valence-electron chi connectivity index (χ0n) is 17.9. The summed E-state index contributed by atoms with van der Waals surface area (Å²) in [4.78, 5) is 0. The number of benzene rings is 2. The van der Waals surface area contributed by atoms with Gasteiger partial charge >= 0.3 is 6.18 Å². The van der Waals surface area contributed by atoms with E-state index in [1.807, 2.05) is 0 Å². The molecular formula is C21H22F5N5O2S. The molecule has 1 unspecified atom stereocenters. The summed E-state index contributed by atoms with van der Waals surface area (Å²) in [5.41, 5.74) is 0.281. The molecule has 1 saturated heterocycles. The predicted molar refractivity (Wildman–Crippen MR) is 120 cm³/mol. The fraction of sp³-hybridized carbons (Fsp3) is 0.333. The summed E-state index contributed by atoms with van der Waals surface area (Å²) in [7, 11) is 0. The Morgan fingerprint density at radius 2 is 1.91 bits per heavy atom. The summed E-state index contributed by atoms with van der Waals surface area (Å²) in [5.74, 6) is -1.90. The van der Waals surface area contributed by atoms with Gasteiger partial charge in [-0.1, -0.05) is 12.1 Å². The molecule has 0 radical (unpaired) electrons. The SMILES string of the molecule is C=N/N=C(\OCC(F)(F)F)c1ccc(CN(c2cccc(F)c2)S(=O)N2CCNCC2)c(F)c1. The van der Waals surface area contributed by atoms with Crippen LogP contribution in [0.1, 0.15) is 11.1 Å². The van der Waals surface area contributed by atoms with Crippen molar-refractivity contribution in [2.24, 2.45) is 10.2 Å². The lowest BCUT2D eigenvalue weighted by Gasteiger charge is -2.32. The van der Waals surface area contributed by atoms with Gasteiger partial charge in [-0.25, -0.2) is 17.3 Å². The molecule has 13 heteroatoms. The summed E-state index contributed by atoms with van der Waals surface area (Å²) < 4.78 is 87.3. The first-order valence-corrected chi connectivity index (χ1v) is 11.2. The van der Waals surface area contributed by atoms with Crippen molar-refractivity contribution in [3.8, 4) is 0 Å². The van der Waals surface area contributed by atoms with Gasteiger partial charge in [0.15, 0.2) is 17.8 Å². The monoisotopic (exact) mass is 503 g/mol.